The van der Waals surface area contributed by atoms with E-state index in [1.807, 2.05) is 30.3 Å². The Morgan fingerprint density at radius 3 is 2.64 bits per heavy atom. The van der Waals surface area contributed by atoms with Crippen LogP contribution < -0.4 is 25.5 Å². The lowest BCUT2D eigenvalue weighted by molar-refractivity contribution is -0.145. The van der Waals surface area contributed by atoms with Crippen LogP contribution in [0.3, 0.4) is 0 Å². The number of ether oxygens (including phenoxy) is 2. The molecule has 0 radical (unpaired) electrons. The number of piperidine rings is 1. The van der Waals surface area contributed by atoms with Crippen LogP contribution in [0.25, 0.3) is 0 Å². The number of nitrogens with zero attached hydrogens (tertiary/aromatic N) is 1. The van der Waals surface area contributed by atoms with E-state index in [2.05, 4.69) is 42.8 Å². The largest absolute Gasteiger partial charge is 0.497 e. The van der Waals surface area contributed by atoms with Gasteiger partial charge in [-0.3, -0.25) is 9.59 Å². The Labute approximate surface area is 232 Å². The van der Waals surface area contributed by atoms with Crippen molar-refractivity contribution in [3.05, 3.63) is 48.0 Å². The Balaban J connectivity index is 1.52. The summed E-state index contributed by atoms with van der Waals surface area (Å²) >= 11 is 0. The van der Waals surface area contributed by atoms with Gasteiger partial charge in [-0.2, -0.15) is 0 Å². The summed E-state index contributed by atoms with van der Waals surface area (Å²) < 4.78 is 12.2. The molecule has 0 aliphatic carbocycles. The molecule has 39 heavy (non-hydrogen) atoms. The molecule has 2 saturated heterocycles. The summed E-state index contributed by atoms with van der Waals surface area (Å²) in [5, 5.41) is 17.7. The maximum atomic E-state index is 14.1. The summed E-state index contributed by atoms with van der Waals surface area (Å²) in [7, 11) is 1.24. The number of amides is 2. The number of carbonyl (C=O) groups is 2. The fourth-order valence-electron chi connectivity index (χ4n) is 7.21. The number of aliphatic hydroxyl groups is 1. The van der Waals surface area contributed by atoms with Gasteiger partial charge in [-0.25, -0.2) is 0 Å². The SMILES string of the molecule is COc1ccc([Si](C)(C)[C@H]2[C@H](CCO)O[C@@]3(C(=O)N(C)c4ccc(NC(=O)C5CCCNC5)cc43)[C@@H]2C)cc1. The van der Waals surface area contributed by atoms with Crippen molar-refractivity contribution in [3.63, 3.8) is 0 Å². The highest BCUT2D eigenvalue weighted by molar-refractivity contribution is 6.91. The van der Waals surface area contributed by atoms with Gasteiger partial charge in [0.15, 0.2) is 5.60 Å². The third-order valence-corrected chi connectivity index (χ3v) is 13.7. The van der Waals surface area contributed by atoms with Crippen molar-refractivity contribution in [1.82, 2.24) is 5.32 Å². The summed E-state index contributed by atoms with van der Waals surface area (Å²) in [6, 6.07) is 13.9. The van der Waals surface area contributed by atoms with Gasteiger partial charge in [-0.1, -0.05) is 37.3 Å². The standard InChI is InChI=1S/C30H41N3O5Si/c1-19-27(39(4,5)23-11-9-22(37-3)10-12-23)26(14-16-34)38-30(19)24-17-21(8-13-25(24)33(2)29(30)36)32-28(35)20-7-6-15-31-18-20/h8-13,17,19-20,26-27,31,34H,6-7,14-16,18H2,1-5H3,(H,32,35)/t19-,20?,26+,27-,30+/m1/s1. The normalized spacial score (nSPS) is 28.6. The zero-order valence-corrected chi connectivity index (χ0v) is 24.6. The number of nitrogens with one attached hydrogen (secondary N) is 2. The molecular formula is C30H41N3O5Si. The van der Waals surface area contributed by atoms with Crippen molar-refractivity contribution in [2.45, 2.75) is 56.5 Å². The second-order valence-electron chi connectivity index (χ2n) is 11.8. The molecule has 0 bridgehead atoms. The van der Waals surface area contributed by atoms with Crippen LogP contribution in [0.2, 0.25) is 18.6 Å². The first-order valence-corrected chi connectivity index (χ1v) is 17.1. The minimum Gasteiger partial charge on any atom is -0.497 e. The topological polar surface area (TPSA) is 100 Å². The number of hydrogen-bond donors (Lipinski definition) is 3. The average Bonchev–Trinajstić information content (AvgIpc) is 3.36. The summed E-state index contributed by atoms with van der Waals surface area (Å²) in [6.45, 7) is 8.38. The van der Waals surface area contributed by atoms with E-state index in [-0.39, 0.29) is 41.9 Å². The monoisotopic (exact) mass is 551 g/mol. The van der Waals surface area contributed by atoms with Crippen LogP contribution in [0.5, 0.6) is 5.75 Å². The zero-order chi connectivity index (χ0) is 27.9. The Hall–Kier alpha value is -2.72. The number of benzene rings is 2. The van der Waals surface area contributed by atoms with Gasteiger partial charge < -0.3 is 30.1 Å². The first-order valence-electron chi connectivity index (χ1n) is 14.0. The van der Waals surface area contributed by atoms with Crippen molar-refractivity contribution in [2.75, 3.05) is 44.1 Å². The van der Waals surface area contributed by atoms with Gasteiger partial charge in [0.2, 0.25) is 5.91 Å². The summed E-state index contributed by atoms with van der Waals surface area (Å²) in [4.78, 5) is 28.8. The number of aliphatic hydroxyl groups excluding tert-OH is 1. The first-order chi connectivity index (χ1) is 18.6. The van der Waals surface area contributed by atoms with Crippen molar-refractivity contribution in [1.29, 1.82) is 0 Å². The predicted molar refractivity (Wildman–Crippen MR) is 155 cm³/mol. The number of rotatable bonds is 7. The summed E-state index contributed by atoms with van der Waals surface area (Å²) in [6.07, 6.45) is 2.03. The highest BCUT2D eigenvalue weighted by Crippen LogP contribution is 2.59. The molecule has 0 aromatic heterocycles. The lowest BCUT2D eigenvalue weighted by Gasteiger charge is -2.37. The minimum atomic E-state index is -2.21. The lowest BCUT2D eigenvalue weighted by Crippen LogP contribution is -2.51. The fourth-order valence-corrected chi connectivity index (χ4v) is 11.3. The van der Waals surface area contributed by atoms with Crippen molar-refractivity contribution in [3.8, 4) is 5.75 Å². The molecule has 1 spiro atoms. The number of fused-ring (bicyclic) bond motifs is 2. The Morgan fingerprint density at radius 1 is 1.26 bits per heavy atom. The highest BCUT2D eigenvalue weighted by atomic mass is 28.3. The van der Waals surface area contributed by atoms with Crippen LogP contribution in [0.1, 0.15) is 31.7 Å². The molecule has 2 aromatic carbocycles. The molecule has 3 aliphatic heterocycles. The molecule has 1 unspecified atom stereocenters. The number of methoxy groups -OCH3 is 1. The van der Waals surface area contributed by atoms with Gasteiger partial charge in [0.25, 0.3) is 5.91 Å². The molecule has 5 atom stereocenters. The molecule has 8 nitrogen and oxygen atoms in total. The smallest absolute Gasteiger partial charge is 0.264 e. The van der Waals surface area contributed by atoms with E-state index in [4.69, 9.17) is 9.47 Å². The summed E-state index contributed by atoms with van der Waals surface area (Å²) in [5.74, 6) is 0.514. The van der Waals surface area contributed by atoms with Crippen molar-refractivity contribution >= 4 is 36.4 Å². The second-order valence-corrected chi connectivity index (χ2v) is 16.5. The lowest BCUT2D eigenvalue weighted by atomic mass is 9.82. The highest BCUT2D eigenvalue weighted by Gasteiger charge is 2.65. The molecule has 3 N–H and O–H groups in total. The molecule has 2 amide bonds. The van der Waals surface area contributed by atoms with Crippen LogP contribution in [0.15, 0.2) is 42.5 Å². The van der Waals surface area contributed by atoms with E-state index in [1.165, 1.54) is 5.19 Å². The molecule has 5 rings (SSSR count). The average molecular weight is 552 g/mol. The van der Waals surface area contributed by atoms with Gasteiger partial charge in [0, 0.05) is 37.4 Å². The van der Waals surface area contributed by atoms with Crippen LogP contribution >= 0.6 is 0 Å². The van der Waals surface area contributed by atoms with Gasteiger partial charge in [0.1, 0.15) is 5.75 Å². The van der Waals surface area contributed by atoms with E-state index in [0.29, 0.717) is 18.7 Å². The molecule has 0 saturated carbocycles. The van der Waals surface area contributed by atoms with Crippen LogP contribution in [0, 0.1) is 11.8 Å². The minimum absolute atomic E-state index is 0.00153. The number of carbonyl (C=O) groups excluding carboxylic acids is 2. The molecule has 3 heterocycles. The predicted octanol–water partition coefficient (Wildman–Crippen LogP) is 3.21. The molecule has 210 valence electrons. The number of likely N-dealkylation sites (N-methyl/N-ethyl adjacent to an activating group) is 1. The summed E-state index contributed by atoms with van der Waals surface area (Å²) in [5.41, 5.74) is 1.19. The third-order valence-electron chi connectivity index (χ3n) is 9.31. The molecular weight excluding hydrogens is 510 g/mol. The number of anilines is 2. The van der Waals surface area contributed by atoms with Gasteiger partial charge >= 0.3 is 0 Å². The Kier molecular flexibility index (Phi) is 7.63. The van der Waals surface area contributed by atoms with Crippen LogP contribution in [-0.2, 0) is 19.9 Å². The fraction of sp³-hybridized carbons (Fsp3) is 0.533. The van der Waals surface area contributed by atoms with Crippen molar-refractivity contribution < 1.29 is 24.2 Å². The van der Waals surface area contributed by atoms with E-state index in [0.717, 1.165) is 36.4 Å². The zero-order valence-electron chi connectivity index (χ0n) is 23.6. The molecule has 2 fully saturated rings. The van der Waals surface area contributed by atoms with Crippen LogP contribution in [0.4, 0.5) is 11.4 Å². The second kappa shape index (κ2) is 10.7. The van der Waals surface area contributed by atoms with E-state index < -0.39 is 13.7 Å². The maximum Gasteiger partial charge on any atom is 0.264 e. The Bertz CT molecular complexity index is 1230. The van der Waals surface area contributed by atoms with Gasteiger partial charge in [-0.15, -0.1) is 0 Å². The maximum absolute atomic E-state index is 14.1. The molecule has 2 aromatic rings. The molecule has 9 heteroatoms. The quantitative estimate of drug-likeness (QED) is 0.457. The van der Waals surface area contributed by atoms with E-state index in [9.17, 15) is 14.7 Å². The van der Waals surface area contributed by atoms with Crippen molar-refractivity contribution in [2.24, 2.45) is 11.8 Å². The third kappa shape index (κ3) is 4.59. The van der Waals surface area contributed by atoms with E-state index >= 15 is 0 Å². The van der Waals surface area contributed by atoms with Gasteiger partial charge in [0.05, 0.1) is 32.9 Å². The van der Waals surface area contributed by atoms with Gasteiger partial charge in [-0.05, 0) is 61.7 Å². The first kappa shape index (κ1) is 27.8. The van der Waals surface area contributed by atoms with E-state index in [1.54, 1.807) is 19.1 Å². The Morgan fingerprint density at radius 2 is 2.00 bits per heavy atom. The van der Waals surface area contributed by atoms with Crippen LogP contribution in [-0.4, -0.2) is 65.0 Å². The number of hydrogen-bond acceptors (Lipinski definition) is 6. The molecule has 3 aliphatic rings.